The van der Waals surface area contributed by atoms with Crippen LogP contribution in [0.1, 0.15) is 6.92 Å². The molecule has 0 atom stereocenters. The van der Waals surface area contributed by atoms with E-state index in [1.165, 1.54) is 6.92 Å². The monoisotopic (exact) mass is 195 g/mol. The minimum Gasteiger partial charge on any atom is -0.445 e. The number of carbonyl (C=O) groups excluding carboxylic acids is 1. The van der Waals surface area contributed by atoms with Crippen molar-refractivity contribution in [2.24, 2.45) is 0 Å². The Morgan fingerprint density at radius 3 is 2.62 bits per heavy atom. The van der Waals surface area contributed by atoms with E-state index in [1.807, 2.05) is 0 Å². The molecule has 0 heterocycles. The summed E-state index contributed by atoms with van der Waals surface area (Å²) < 4.78 is 39.1. The van der Waals surface area contributed by atoms with Crippen molar-refractivity contribution in [3.8, 4) is 12.0 Å². The van der Waals surface area contributed by atoms with Crippen molar-refractivity contribution in [2.75, 3.05) is 13.2 Å². The molecule has 0 unspecified atom stereocenters. The first-order chi connectivity index (χ1) is 5.98. The zero-order valence-electron chi connectivity index (χ0n) is 6.86. The maximum atomic E-state index is 11.5. The highest BCUT2D eigenvalue weighted by molar-refractivity contribution is 5.81. The molecule has 0 aromatic heterocycles. The molecule has 0 aromatic rings. The fourth-order valence-corrected chi connectivity index (χ4v) is 0.439. The van der Waals surface area contributed by atoms with E-state index in [2.05, 4.69) is 16.8 Å². The van der Waals surface area contributed by atoms with Crippen molar-refractivity contribution in [1.29, 1.82) is 0 Å². The first-order valence-electron chi connectivity index (χ1n) is 3.37. The Labute approximate surface area is 73.2 Å². The Hall–Kier alpha value is -1.38. The number of rotatable bonds is 3. The van der Waals surface area contributed by atoms with E-state index in [0.717, 1.165) is 0 Å². The van der Waals surface area contributed by atoms with E-state index in [4.69, 9.17) is 0 Å². The Kier molecular flexibility index (Phi) is 4.74. The van der Waals surface area contributed by atoms with Crippen molar-refractivity contribution >= 4 is 5.91 Å². The van der Waals surface area contributed by atoms with Crippen LogP contribution in [0.2, 0.25) is 0 Å². The summed E-state index contributed by atoms with van der Waals surface area (Å²) in [6.45, 7) is 1.24. The highest BCUT2D eigenvalue weighted by Crippen LogP contribution is 2.13. The molecule has 0 aliphatic heterocycles. The molecule has 0 aromatic carbocycles. The molecule has 0 aliphatic rings. The molecule has 0 fully saturated rings. The van der Waals surface area contributed by atoms with Crippen molar-refractivity contribution < 1.29 is 22.7 Å². The molecule has 1 N–H and O–H groups in total. The molecule has 0 saturated carbocycles. The van der Waals surface area contributed by atoms with Crippen molar-refractivity contribution in [3.63, 3.8) is 0 Å². The SMILES string of the molecule is CC#COCCNC(=O)C(F)(F)F. The fourth-order valence-electron chi connectivity index (χ4n) is 0.439. The topological polar surface area (TPSA) is 38.3 Å². The molecule has 0 rings (SSSR count). The van der Waals surface area contributed by atoms with Crippen LogP contribution in [0.4, 0.5) is 13.2 Å². The lowest BCUT2D eigenvalue weighted by Gasteiger charge is -2.06. The fraction of sp³-hybridized carbons (Fsp3) is 0.571. The zero-order valence-corrected chi connectivity index (χ0v) is 6.86. The molecule has 1 amide bonds. The van der Waals surface area contributed by atoms with Gasteiger partial charge in [0.25, 0.3) is 0 Å². The van der Waals surface area contributed by atoms with Gasteiger partial charge in [0.15, 0.2) is 0 Å². The molecule has 0 spiro atoms. The molecule has 74 valence electrons. The van der Waals surface area contributed by atoms with Gasteiger partial charge in [-0.05, 0) is 0 Å². The minimum absolute atomic E-state index is 0.0668. The number of alkyl halides is 3. The third-order valence-electron chi connectivity index (χ3n) is 0.921. The van der Waals surface area contributed by atoms with Crippen LogP contribution in [-0.2, 0) is 9.53 Å². The number of nitrogens with one attached hydrogen (secondary N) is 1. The van der Waals surface area contributed by atoms with Crippen molar-refractivity contribution in [1.82, 2.24) is 5.32 Å². The second-order valence-corrected chi connectivity index (χ2v) is 1.95. The second kappa shape index (κ2) is 5.30. The summed E-state index contributed by atoms with van der Waals surface area (Å²) in [4.78, 5) is 10.2. The van der Waals surface area contributed by atoms with Gasteiger partial charge in [-0.25, -0.2) is 0 Å². The largest absolute Gasteiger partial charge is 0.471 e. The summed E-state index contributed by atoms with van der Waals surface area (Å²) in [5.74, 6) is 0.407. The maximum Gasteiger partial charge on any atom is 0.471 e. The smallest absolute Gasteiger partial charge is 0.445 e. The lowest BCUT2D eigenvalue weighted by molar-refractivity contribution is -0.173. The summed E-state index contributed by atoms with van der Waals surface area (Å²) in [6.07, 6.45) is -2.66. The van der Waals surface area contributed by atoms with Gasteiger partial charge in [-0.2, -0.15) is 13.2 Å². The number of carbonyl (C=O) groups is 1. The van der Waals surface area contributed by atoms with Crippen molar-refractivity contribution in [2.45, 2.75) is 13.1 Å². The van der Waals surface area contributed by atoms with Crippen LogP contribution in [0.3, 0.4) is 0 Å². The summed E-state index contributed by atoms with van der Waals surface area (Å²) in [6, 6.07) is 0. The van der Waals surface area contributed by atoms with Gasteiger partial charge in [-0.3, -0.25) is 4.79 Å². The number of hydrogen-bond acceptors (Lipinski definition) is 2. The van der Waals surface area contributed by atoms with Gasteiger partial charge < -0.3 is 10.1 Å². The van der Waals surface area contributed by atoms with Gasteiger partial charge in [-0.15, -0.1) is 0 Å². The second-order valence-electron chi connectivity index (χ2n) is 1.95. The van der Waals surface area contributed by atoms with Gasteiger partial charge in [-0.1, -0.05) is 5.92 Å². The third kappa shape index (κ3) is 5.84. The lowest BCUT2D eigenvalue weighted by atomic mass is 10.5. The summed E-state index contributed by atoms with van der Waals surface area (Å²) in [5, 5.41) is 1.62. The Bertz CT molecular complexity index is 226. The quantitative estimate of drug-likeness (QED) is 0.530. The first kappa shape index (κ1) is 11.6. The molecule has 0 bridgehead atoms. The van der Waals surface area contributed by atoms with Crippen LogP contribution in [0.15, 0.2) is 0 Å². The molecule has 0 saturated heterocycles. The van der Waals surface area contributed by atoms with Gasteiger partial charge in [0.2, 0.25) is 0 Å². The average Bonchev–Trinajstić information content (AvgIpc) is 2.02. The molecule has 3 nitrogen and oxygen atoms in total. The van der Waals surface area contributed by atoms with Gasteiger partial charge in [0, 0.05) is 6.92 Å². The highest BCUT2D eigenvalue weighted by atomic mass is 19.4. The van der Waals surface area contributed by atoms with Crippen LogP contribution in [0.5, 0.6) is 0 Å². The Morgan fingerprint density at radius 2 is 2.15 bits per heavy atom. The minimum atomic E-state index is -4.84. The van der Waals surface area contributed by atoms with Crippen molar-refractivity contribution in [3.05, 3.63) is 0 Å². The molecular formula is C7H8F3NO2. The standard InChI is InChI=1S/C7H8F3NO2/c1-2-4-13-5-3-11-6(12)7(8,9)10/h3,5H2,1H3,(H,11,12). The highest BCUT2D eigenvalue weighted by Gasteiger charge is 2.38. The van der Waals surface area contributed by atoms with Gasteiger partial charge >= 0.3 is 12.1 Å². The van der Waals surface area contributed by atoms with E-state index < -0.39 is 12.1 Å². The molecule has 0 aliphatic carbocycles. The Balaban J connectivity index is 3.53. The Morgan fingerprint density at radius 1 is 1.54 bits per heavy atom. The average molecular weight is 195 g/mol. The summed E-state index contributed by atoms with van der Waals surface area (Å²) >= 11 is 0. The van der Waals surface area contributed by atoms with Crippen LogP contribution in [-0.4, -0.2) is 25.2 Å². The van der Waals surface area contributed by atoms with Gasteiger partial charge in [0.05, 0.1) is 6.54 Å². The normalized spacial score (nSPS) is 9.85. The summed E-state index contributed by atoms with van der Waals surface area (Å²) in [7, 11) is 0. The predicted octanol–water partition coefficient (Wildman–Crippen LogP) is 0.662. The van der Waals surface area contributed by atoms with E-state index in [-0.39, 0.29) is 13.2 Å². The number of hydrogen-bond donors (Lipinski definition) is 1. The molecule has 0 radical (unpaired) electrons. The molecule has 6 heteroatoms. The lowest BCUT2D eigenvalue weighted by Crippen LogP contribution is -2.38. The predicted molar refractivity (Wildman–Crippen MR) is 38.5 cm³/mol. The van der Waals surface area contributed by atoms with E-state index in [0.29, 0.717) is 0 Å². The molecular weight excluding hydrogens is 187 g/mol. The third-order valence-corrected chi connectivity index (χ3v) is 0.921. The van der Waals surface area contributed by atoms with Crippen LogP contribution in [0.25, 0.3) is 0 Å². The maximum absolute atomic E-state index is 11.5. The van der Waals surface area contributed by atoms with Crippen LogP contribution in [0, 0.1) is 12.0 Å². The number of halogens is 3. The van der Waals surface area contributed by atoms with E-state index in [1.54, 1.807) is 5.32 Å². The number of amides is 1. The zero-order chi connectivity index (χ0) is 10.3. The molecule has 13 heavy (non-hydrogen) atoms. The van der Waals surface area contributed by atoms with Crippen LogP contribution < -0.4 is 5.32 Å². The van der Waals surface area contributed by atoms with Gasteiger partial charge in [0.1, 0.15) is 12.7 Å². The van der Waals surface area contributed by atoms with E-state index >= 15 is 0 Å². The summed E-state index contributed by atoms with van der Waals surface area (Å²) in [5.41, 5.74) is 0. The van der Waals surface area contributed by atoms with E-state index in [9.17, 15) is 18.0 Å². The first-order valence-corrected chi connectivity index (χ1v) is 3.37. The van der Waals surface area contributed by atoms with Crippen LogP contribution >= 0.6 is 0 Å². The number of ether oxygens (including phenoxy) is 1.